The minimum Gasteiger partial charge on any atom is -0.466 e. The van der Waals surface area contributed by atoms with E-state index in [9.17, 15) is 19.2 Å². The van der Waals surface area contributed by atoms with E-state index in [-0.39, 0.29) is 46.9 Å². The maximum absolute atomic E-state index is 14.2. The van der Waals surface area contributed by atoms with Crippen molar-refractivity contribution >= 4 is 23.6 Å². The number of fused-ring (bicyclic) bond motifs is 1. The Morgan fingerprint density at radius 1 is 1.11 bits per heavy atom. The normalized spacial score (nSPS) is 20.7. The van der Waals surface area contributed by atoms with Gasteiger partial charge in [0.05, 0.1) is 5.56 Å². The highest BCUT2D eigenvalue weighted by Gasteiger charge is 2.50. The van der Waals surface area contributed by atoms with Crippen LogP contribution in [0.2, 0.25) is 0 Å². The second-order valence-corrected chi connectivity index (χ2v) is 10.7. The molecular weight excluding hydrogens is 472 g/mol. The fourth-order valence-corrected chi connectivity index (χ4v) is 5.39. The van der Waals surface area contributed by atoms with E-state index >= 15 is 0 Å². The molecule has 0 bridgehead atoms. The summed E-state index contributed by atoms with van der Waals surface area (Å²) in [5.41, 5.74) is 2.57. The van der Waals surface area contributed by atoms with Crippen LogP contribution in [-0.2, 0) is 27.2 Å². The van der Waals surface area contributed by atoms with Crippen LogP contribution in [0, 0.1) is 11.8 Å². The van der Waals surface area contributed by atoms with E-state index in [0.29, 0.717) is 19.3 Å². The molecular formula is C28H36N4O5. The topological polar surface area (TPSA) is 121 Å². The molecule has 3 atom stereocenters. The van der Waals surface area contributed by atoms with Crippen LogP contribution in [0.3, 0.4) is 0 Å². The van der Waals surface area contributed by atoms with Crippen LogP contribution in [-0.4, -0.2) is 53.7 Å². The summed E-state index contributed by atoms with van der Waals surface area (Å²) >= 11 is 0. The molecule has 3 unspecified atom stereocenters. The highest BCUT2D eigenvalue weighted by molar-refractivity contribution is 6.00. The van der Waals surface area contributed by atoms with E-state index in [1.54, 1.807) is 0 Å². The molecule has 4 rings (SSSR count). The van der Waals surface area contributed by atoms with E-state index in [4.69, 9.17) is 4.42 Å². The van der Waals surface area contributed by atoms with Crippen LogP contribution in [0.1, 0.15) is 67.4 Å². The summed E-state index contributed by atoms with van der Waals surface area (Å²) in [6.45, 7) is 7.58. The Labute approximate surface area is 217 Å². The molecule has 0 spiro atoms. The summed E-state index contributed by atoms with van der Waals surface area (Å²) < 4.78 is 5.71. The van der Waals surface area contributed by atoms with E-state index in [1.807, 2.05) is 52.0 Å². The van der Waals surface area contributed by atoms with Crippen molar-refractivity contribution in [3.8, 4) is 0 Å². The zero-order valence-corrected chi connectivity index (χ0v) is 22.0. The SMILES string of the molecule is CNC(=O)c1coc(C(C(=O)NC(C)C)N2C(=O)C(C3Cc4ccccc4C3)NC(=O)C2CC(C)C)c1. The summed E-state index contributed by atoms with van der Waals surface area (Å²) in [7, 11) is 1.50. The van der Waals surface area contributed by atoms with Crippen LogP contribution in [0.25, 0.3) is 0 Å². The Hall–Kier alpha value is -3.62. The molecule has 1 aliphatic carbocycles. The number of amides is 4. The second-order valence-electron chi connectivity index (χ2n) is 10.7. The summed E-state index contributed by atoms with van der Waals surface area (Å²) in [4.78, 5) is 55.0. The van der Waals surface area contributed by atoms with Crippen molar-refractivity contribution in [2.24, 2.45) is 11.8 Å². The first-order valence-electron chi connectivity index (χ1n) is 12.9. The molecule has 2 aromatic rings. The van der Waals surface area contributed by atoms with Gasteiger partial charge in [0, 0.05) is 13.1 Å². The minimum absolute atomic E-state index is 0.0881. The zero-order valence-electron chi connectivity index (χ0n) is 22.0. The molecule has 198 valence electrons. The number of carbonyl (C=O) groups is 4. The number of furan rings is 1. The molecule has 3 N–H and O–H groups in total. The molecule has 9 nitrogen and oxygen atoms in total. The number of hydrogen-bond donors (Lipinski definition) is 3. The smallest absolute Gasteiger partial charge is 0.254 e. The van der Waals surface area contributed by atoms with Crippen LogP contribution in [0.4, 0.5) is 0 Å². The van der Waals surface area contributed by atoms with Gasteiger partial charge in [0.25, 0.3) is 11.8 Å². The lowest BCUT2D eigenvalue weighted by atomic mass is 9.88. The van der Waals surface area contributed by atoms with Crippen molar-refractivity contribution < 1.29 is 23.6 Å². The summed E-state index contributed by atoms with van der Waals surface area (Å²) in [6, 6.07) is 6.47. The minimum atomic E-state index is -1.20. The molecule has 0 radical (unpaired) electrons. The molecule has 1 aromatic heterocycles. The fourth-order valence-electron chi connectivity index (χ4n) is 5.39. The van der Waals surface area contributed by atoms with E-state index < -0.39 is 24.0 Å². The van der Waals surface area contributed by atoms with Gasteiger partial charge in [-0.3, -0.25) is 19.2 Å². The fraction of sp³-hybridized carbons (Fsp3) is 0.500. The second kappa shape index (κ2) is 10.8. The Morgan fingerprint density at radius 3 is 2.32 bits per heavy atom. The highest BCUT2D eigenvalue weighted by Crippen LogP contribution is 2.35. The number of carbonyl (C=O) groups excluding carboxylic acids is 4. The first-order valence-corrected chi connectivity index (χ1v) is 12.9. The van der Waals surface area contributed by atoms with Gasteiger partial charge < -0.3 is 25.3 Å². The predicted octanol–water partition coefficient (Wildman–Crippen LogP) is 2.36. The van der Waals surface area contributed by atoms with Crippen LogP contribution >= 0.6 is 0 Å². The third-order valence-corrected chi connectivity index (χ3v) is 7.04. The van der Waals surface area contributed by atoms with Crippen molar-refractivity contribution in [1.82, 2.24) is 20.9 Å². The van der Waals surface area contributed by atoms with Gasteiger partial charge in [0.1, 0.15) is 24.1 Å². The molecule has 0 saturated carbocycles. The average molecular weight is 509 g/mol. The molecule has 2 aliphatic rings. The molecule has 1 fully saturated rings. The lowest BCUT2D eigenvalue weighted by molar-refractivity contribution is -0.158. The number of nitrogens with zero attached hydrogens (tertiary/aromatic N) is 1. The van der Waals surface area contributed by atoms with E-state index in [2.05, 4.69) is 16.0 Å². The number of nitrogens with one attached hydrogen (secondary N) is 3. The van der Waals surface area contributed by atoms with Crippen LogP contribution < -0.4 is 16.0 Å². The Morgan fingerprint density at radius 2 is 1.76 bits per heavy atom. The Bertz CT molecular complexity index is 1160. The quantitative estimate of drug-likeness (QED) is 0.506. The summed E-state index contributed by atoms with van der Waals surface area (Å²) in [6.07, 6.45) is 2.98. The van der Waals surface area contributed by atoms with Crippen molar-refractivity contribution in [3.63, 3.8) is 0 Å². The maximum atomic E-state index is 14.2. The Balaban J connectivity index is 1.75. The number of benzene rings is 1. The van der Waals surface area contributed by atoms with Gasteiger partial charge in [-0.1, -0.05) is 38.1 Å². The predicted molar refractivity (Wildman–Crippen MR) is 137 cm³/mol. The van der Waals surface area contributed by atoms with E-state index in [0.717, 1.165) is 0 Å². The molecule has 9 heteroatoms. The lowest BCUT2D eigenvalue weighted by Gasteiger charge is -2.44. The van der Waals surface area contributed by atoms with Gasteiger partial charge in [0.2, 0.25) is 11.8 Å². The Kier molecular flexibility index (Phi) is 7.71. The van der Waals surface area contributed by atoms with Crippen molar-refractivity contribution in [2.75, 3.05) is 7.05 Å². The highest BCUT2D eigenvalue weighted by atomic mass is 16.3. The van der Waals surface area contributed by atoms with E-state index in [1.165, 1.54) is 35.4 Å². The maximum Gasteiger partial charge on any atom is 0.254 e. The summed E-state index contributed by atoms with van der Waals surface area (Å²) in [5, 5.41) is 8.40. The standard InChI is InChI=1S/C28H36N4O5/c1-15(2)10-21-26(34)31-23(19-11-17-8-6-7-9-18(17)12-19)28(36)32(21)24(27(35)30-16(3)4)22-13-20(14-37-22)25(33)29-5/h6-9,13-16,19,21,23-24H,10-12H2,1-5H3,(H,29,33)(H,30,35)(H,31,34). The van der Waals surface area contributed by atoms with Crippen molar-refractivity contribution in [1.29, 1.82) is 0 Å². The number of hydrogen-bond acceptors (Lipinski definition) is 5. The molecule has 2 heterocycles. The van der Waals surface area contributed by atoms with Crippen LogP contribution in [0.15, 0.2) is 41.0 Å². The van der Waals surface area contributed by atoms with Crippen molar-refractivity contribution in [2.45, 2.75) is 71.1 Å². The summed E-state index contributed by atoms with van der Waals surface area (Å²) in [5.74, 6) is -1.32. The van der Waals surface area contributed by atoms with Crippen molar-refractivity contribution in [3.05, 3.63) is 59.0 Å². The number of rotatable bonds is 8. The first-order chi connectivity index (χ1) is 17.6. The first kappa shape index (κ1) is 26.4. The van der Waals surface area contributed by atoms with Gasteiger partial charge in [-0.2, -0.15) is 0 Å². The lowest BCUT2D eigenvalue weighted by Crippen LogP contribution is -2.67. The monoisotopic (exact) mass is 508 g/mol. The van der Waals surface area contributed by atoms with Crippen LogP contribution in [0.5, 0.6) is 0 Å². The molecule has 4 amide bonds. The largest absolute Gasteiger partial charge is 0.466 e. The zero-order chi connectivity index (χ0) is 26.9. The van der Waals surface area contributed by atoms with Gasteiger partial charge in [-0.05, 0) is 62.1 Å². The van der Waals surface area contributed by atoms with Gasteiger partial charge in [0.15, 0.2) is 6.04 Å². The number of piperazine rings is 1. The molecule has 1 aliphatic heterocycles. The molecule has 1 aromatic carbocycles. The average Bonchev–Trinajstić information content (AvgIpc) is 3.49. The van der Waals surface area contributed by atoms with Gasteiger partial charge >= 0.3 is 0 Å². The third kappa shape index (κ3) is 5.40. The van der Waals surface area contributed by atoms with Gasteiger partial charge in [-0.25, -0.2) is 0 Å². The third-order valence-electron chi connectivity index (χ3n) is 7.04. The molecule has 37 heavy (non-hydrogen) atoms. The van der Waals surface area contributed by atoms with Gasteiger partial charge in [-0.15, -0.1) is 0 Å². The molecule has 1 saturated heterocycles.